The van der Waals surface area contributed by atoms with E-state index in [2.05, 4.69) is 10.3 Å². The SMILES string of the molecule is Cc1ccnc(NCC2CCCCC2C(=O)O)c1C(N)=O. The van der Waals surface area contributed by atoms with E-state index in [1.807, 2.05) is 0 Å². The number of pyridine rings is 1. The highest BCUT2D eigenvalue weighted by Crippen LogP contribution is 2.30. The van der Waals surface area contributed by atoms with Crippen molar-refractivity contribution in [1.82, 2.24) is 4.98 Å². The molecule has 114 valence electrons. The van der Waals surface area contributed by atoms with Crippen molar-refractivity contribution in [2.75, 3.05) is 11.9 Å². The summed E-state index contributed by atoms with van der Waals surface area (Å²) >= 11 is 0. The van der Waals surface area contributed by atoms with Crippen molar-refractivity contribution in [3.05, 3.63) is 23.4 Å². The molecule has 0 spiro atoms. The van der Waals surface area contributed by atoms with Gasteiger partial charge in [-0.2, -0.15) is 0 Å². The van der Waals surface area contributed by atoms with Crippen LogP contribution in [0.15, 0.2) is 12.3 Å². The molecule has 0 saturated heterocycles. The number of nitrogens with one attached hydrogen (secondary N) is 1. The molecule has 2 rings (SSSR count). The van der Waals surface area contributed by atoms with E-state index in [9.17, 15) is 14.7 Å². The Balaban J connectivity index is 2.10. The summed E-state index contributed by atoms with van der Waals surface area (Å²) in [5.41, 5.74) is 6.52. The molecule has 1 aromatic heterocycles. The highest BCUT2D eigenvalue weighted by Gasteiger charge is 2.30. The monoisotopic (exact) mass is 291 g/mol. The van der Waals surface area contributed by atoms with Gasteiger partial charge in [0.25, 0.3) is 5.91 Å². The molecule has 1 aliphatic carbocycles. The number of carboxylic acid groups (broad SMARTS) is 1. The molecule has 0 aliphatic heterocycles. The minimum Gasteiger partial charge on any atom is -0.481 e. The summed E-state index contributed by atoms with van der Waals surface area (Å²) < 4.78 is 0. The fourth-order valence-corrected chi connectivity index (χ4v) is 3.01. The van der Waals surface area contributed by atoms with Gasteiger partial charge in [0.05, 0.1) is 11.5 Å². The third kappa shape index (κ3) is 3.51. The number of amides is 1. The van der Waals surface area contributed by atoms with Crippen LogP contribution in [0.1, 0.15) is 41.6 Å². The van der Waals surface area contributed by atoms with Crippen molar-refractivity contribution in [3.63, 3.8) is 0 Å². The lowest BCUT2D eigenvalue weighted by atomic mass is 9.79. The lowest BCUT2D eigenvalue weighted by Gasteiger charge is -2.29. The Bertz CT molecular complexity index is 545. The van der Waals surface area contributed by atoms with E-state index in [1.54, 1.807) is 19.2 Å². The Morgan fingerprint density at radius 2 is 2.14 bits per heavy atom. The van der Waals surface area contributed by atoms with Crippen LogP contribution in [0.4, 0.5) is 5.82 Å². The number of hydrogen-bond donors (Lipinski definition) is 3. The lowest BCUT2D eigenvalue weighted by molar-refractivity contribution is -0.144. The molecule has 4 N–H and O–H groups in total. The van der Waals surface area contributed by atoms with E-state index in [4.69, 9.17) is 5.73 Å². The van der Waals surface area contributed by atoms with E-state index in [-0.39, 0.29) is 11.8 Å². The third-order valence-electron chi connectivity index (χ3n) is 4.16. The minimum atomic E-state index is -0.742. The maximum absolute atomic E-state index is 11.5. The number of nitrogens with zero attached hydrogens (tertiary/aromatic N) is 1. The zero-order valence-corrected chi connectivity index (χ0v) is 12.1. The number of aliphatic carboxylic acids is 1. The van der Waals surface area contributed by atoms with Crippen molar-refractivity contribution in [2.45, 2.75) is 32.6 Å². The van der Waals surface area contributed by atoms with E-state index >= 15 is 0 Å². The summed E-state index contributed by atoms with van der Waals surface area (Å²) in [6.45, 7) is 2.29. The molecule has 6 nitrogen and oxygen atoms in total. The van der Waals surface area contributed by atoms with Crippen molar-refractivity contribution < 1.29 is 14.7 Å². The normalized spacial score (nSPS) is 21.8. The summed E-state index contributed by atoms with van der Waals surface area (Å²) in [7, 11) is 0. The van der Waals surface area contributed by atoms with E-state index < -0.39 is 11.9 Å². The van der Waals surface area contributed by atoms with E-state index in [1.165, 1.54) is 0 Å². The van der Waals surface area contributed by atoms with Gasteiger partial charge in [0.15, 0.2) is 0 Å². The maximum Gasteiger partial charge on any atom is 0.306 e. The summed E-state index contributed by atoms with van der Waals surface area (Å²) in [5.74, 6) is -1.10. The van der Waals surface area contributed by atoms with Crippen molar-refractivity contribution in [2.24, 2.45) is 17.6 Å². The molecule has 1 fully saturated rings. The number of aryl methyl sites for hydroxylation is 1. The maximum atomic E-state index is 11.5. The van der Waals surface area contributed by atoms with Crippen molar-refractivity contribution >= 4 is 17.7 Å². The van der Waals surface area contributed by atoms with Gasteiger partial charge in [-0.25, -0.2) is 4.98 Å². The summed E-state index contributed by atoms with van der Waals surface area (Å²) in [6.07, 6.45) is 5.20. The zero-order valence-electron chi connectivity index (χ0n) is 12.1. The Kier molecular flexibility index (Phi) is 4.77. The Morgan fingerprint density at radius 3 is 2.81 bits per heavy atom. The zero-order chi connectivity index (χ0) is 15.4. The van der Waals surface area contributed by atoms with Gasteiger partial charge < -0.3 is 16.2 Å². The molecule has 2 unspecified atom stereocenters. The number of carbonyl (C=O) groups is 2. The van der Waals surface area contributed by atoms with Crippen LogP contribution in [0.3, 0.4) is 0 Å². The van der Waals surface area contributed by atoms with E-state index in [0.29, 0.717) is 24.3 Å². The Hall–Kier alpha value is -2.11. The number of rotatable bonds is 5. The molecule has 1 amide bonds. The van der Waals surface area contributed by atoms with Crippen LogP contribution in [0.2, 0.25) is 0 Å². The van der Waals surface area contributed by atoms with Crippen LogP contribution in [0, 0.1) is 18.8 Å². The predicted octanol–water partition coefficient (Wildman–Crippen LogP) is 1.79. The van der Waals surface area contributed by atoms with Gasteiger partial charge in [-0.05, 0) is 37.3 Å². The Morgan fingerprint density at radius 1 is 1.43 bits per heavy atom. The molecule has 1 heterocycles. The molecule has 6 heteroatoms. The first-order chi connectivity index (χ1) is 10.0. The standard InChI is InChI=1S/C15H21N3O3/c1-9-6-7-17-14(12(9)13(16)19)18-8-10-4-2-3-5-11(10)15(20)21/h6-7,10-11H,2-5,8H2,1H3,(H2,16,19)(H,17,18)(H,20,21). The number of nitrogens with two attached hydrogens (primary N) is 1. The average molecular weight is 291 g/mol. The van der Waals surface area contributed by atoms with Crippen molar-refractivity contribution in [3.8, 4) is 0 Å². The molecule has 1 aromatic rings. The van der Waals surface area contributed by atoms with Gasteiger partial charge in [-0.3, -0.25) is 9.59 Å². The summed E-state index contributed by atoms with van der Waals surface area (Å²) in [5, 5.41) is 12.4. The minimum absolute atomic E-state index is 0.0549. The molecular weight excluding hydrogens is 270 g/mol. The van der Waals surface area contributed by atoms with Gasteiger partial charge in [0.1, 0.15) is 5.82 Å². The fraction of sp³-hybridized carbons (Fsp3) is 0.533. The first kappa shape index (κ1) is 15.3. The fourth-order valence-electron chi connectivity index (χ4n) is 3.01. The number of aromatic nitrogens is 1. The lowest BCUT2D eigenvalue weighted by Crippen LogP contribution is -2.32. The topological polar surface area (TPSA) is 105 Å². The predicted molar refractivity (Wildman–Crippen MR) is 79.1 cm³/mol. The van der Waals surface area contributed by atoms with Crippen LogP contribution in [0.25, 0.3) is 0 Å². The second-order valence-electron chi connectivity index (χ2n) is 5.59. The third-order valence-corrected chi connectivity index (χ3v) is 4.16. The summed E-state index contributed by atoms with van der Waals surface area (Å²) in [6, 6.07) is 1.73. The molecule has 0 aromatic carbocycles. The van der Waals surface area contributed by atoms with Gasteiger partial charge in [0.2, 0.25) is 0 Å². The Labute approximate surface area is 123 Å². The number of hydrogen-bond acceptors (Lipinski definition) is 4. The number of carboxylic acids is 1. The molecule has 1 saturated carbocycles. The van der Waals surface area contributed by atoms with Crippen LogP contribution < -0.4 is 11.1 Å². The first-order valence-electron chi connectivity index (χ1n) is 7.22. The van der Waals surface area contributed by atoms with Gasteiger partial charge in [-0.1, -0.05) is 12.8 Å². The number of anilines is 1. The average Bonchev–Trinajstić information content (AvgIpc) is 2.44. The number of carbonyl (C=O) groups excluding carboxylic acids is 1. The van der Waals surface area contributed by atoms with Crippen LogP contribution in [0.5, 0.6) is 0 Å². The quantitative estimate of drug-likeness (QED) is 0.767. The van der Waals surface area contributed by atoms with Crippen molar-refractivity contribution in [1.29, 1.82) is 0 Å². The van der Waals surface area contributed by atoms with Crippen LogP contribution >= 0.6 is 0 Å². The van der Waals surface area contributed by atoms with Crippen LogP contribution in [-0.2, 0) is 4.79 Å². The highest BCUT2D eigenvalue weighted by atomic mass is 16.4. The van der Waals surface area contributed by atoms with Gasteiger partial charge >= 0.3 is 5.97 Å². The molecule has 21 heavy (non-hydrogen) atoms. The molecule has 0 bridgehead atoms. The first-order valence-corrected chi connectivity index (χ1v) is 7.22. The molecule has 2 atom stereocenters. The second kappa shape index (κ2) is 6.56. The molecule has 0 radical (unpaired) electrons. The smallest absolute Gasteiger partial charge is 0.306 e. The van der Waals surface area contributed by atoms with E-state index in [0.717, 1.165) is 24.8 Å². The highest BCUT2D eigenvalue weighted by molar-refractivity contribution is 5.98. The summed E-state index contributed by atoms with van der Waals surface area (Å²) in [4.78, 5) is 27.0. The van der Waals surface area contributed by atoms with Gasteiger partial charge in [0, 0.05) is 12.7 Å². The number of primary amides is 1. The van der Waals surface area contributed by atoms with Crippen LogP contribution in [-0.4, -0.2) is 28.5 Å². The second-order valence-corrected chi connectivity index (χ2v) is 5.59. The van der Waals surface area contributed by atoms with Gasteiger partial charge in [-0.15, -0.1) is 0 Å². The molecular formula is C15H21N3O3. The molecule has 1 aliphatic rings. The largest absolute Gasteiger partial charge is 0.481 e.